The number of piperazine rings is 1. The number of carbonyl (C=O) groups is 2. The van der Waals surface area contributed by atoms with Crippen molar-refractivity contribution in [1.82, 2.24) is 24.8 Å². The number of para-hydroxylation sites is 1. The largest absolute Gasteiger partial charge is 0.493 e. The number of aryl methyl sites for hydroxylation is 1. The minimum Gasteiger partial charge on any atom is -0.493 e. The van der Waals surface area contributed by atoms with E-state index in [-0.39, 0.29) is 11.8 Å². The first-order chi connectivity index (χ1) is 26.0. The fraction of sp³-hybridized carbons (Fsp3) is 0.410. The van der Waals surface area contributed by atoms with Crippen LogP contribution >= 0.6 is 22.9 Å². The molecule has 2 amide bonds. The SMILES string of the molecule is COc1ccc(-c2cnc(N3CCN(C(=O)/C=C/CN(C)C)CC3)c(N(CC3(O)CC3)C3CC3)c2)nc1Nc1ncc(C(=O)Nc2c(C)cccc2Cl)s1. The van der Waals surface area contributed by atoms with E-state index in [0.717, 1.165) is 48.3 Å². The number of nitrogens with one attached hydrogen (secondary N) is 2. The molecule has 0 atom stereocenters. The Labute approximate surface area is 324 Å². The zero-order chi connectivity index (χ0) is 38.0. The molecule has 1 saturated heterocycles. The summed E-state index contributed by atoms with van der Waals surface area (Å²) in [5, 5.41) is 18.2. The third-order valence-corrected chi connectivity index (χ3v) is 11.1. The van der Waals surface area contributed by atoms with Gasteiger partial charge in [0.2, 0.25) is 5.91 Å². The van der Waals surface area contributed by atoms with Crippen molar-refractivity contribution in [1.29, 1.82) is 0 Å². The third kappa shape index (κ3) is 8.78. The van der Waals surface area contributed by atoms with Gasteiger partial charge >= 0.3 is 0 Å². The molecule has 0 bridgehead atoms. The summed E-state index contributed by atoms with van der Waals surface area (Å²) in [4.78, 5) is 49.3. The fourth-order valence-corrected chi connectivity index (χ4v) is 7.41. The number of aliphatic hydroxyl groups is 1. The van der Waals surface area contributed by atoms with Crippen LogP contribution in [0.15, 0.2) is 60.9 Å². The topological polar surface area (TPSA) is 139 Å². The molecule has 3 fully saturated rings. The minimum atomic E-state index is -0.690. The van der Waals surface area contributed by atoms with E-state index in [1.165, 1.54) is 17.5 Å². The van der Waals surface area contributed by atoms with Crippen LogP contribution < -0.4 is 25.2 Å². The van der Waals surface area contributed by atoms with Crippen molar-refractivity contribution in [3.8, 4) is 17.0 Å². The summed E-state index contributed by atoms with van der Waals surface area (Å²) < 4.78 is 5.65. The summed E-state index contributed by atoms with van der Waals surface area (Å²) in [6.45, 7) is 5.63. The molecule has 0 unspecified atom stereocenters. The number of ether oxygens (including phenoxy) is 1. The Hall–Kier alpha value is -4.76. The van der Waals surface area contributed by atoms with Gasteiger partial charge in [-0.1, -0.05) is 41.1 Å². The average molecular weight is 772 g/mol. The molecule has 2 aliphatic carbocycles. The highest BCUT2D eigenvalue weighted by atomic mass is 35.5. The van der Waals surface area contributed by atoms with Crippen molar-refractivity contribution in [3.63, 3.8) is 0 Å². The minimum absolute atomic E-state index is 0.0232. The van der Waals surface area contributed by atoms with Crippen LogP contribution in [-0.4, -0.2) is 114 Å². The molecule has 1 aromatic carbocycles. The van der Waals surface area contributed by atoms with Gasteiger partial charge in [-0.25, -0.2) is 15.0 Å². The first-order valence-corrected chi connectivity index (χ1v) is 19.4. The number of methoxy groups -OCH3 is 1. The predicted molar refractivity (Wildman–Crippen MR) is 215 cm³/mol. The number of amides is 2. The summed E-state index contributed by atoms with van der Waals surface area (Å²) in [6.07, 6.45) is 10.6. The zero-order valence-corrected chi connectivity index (χ0v) is 32.6. The lowest BCUT2D eigenvalue weighted by atomic mass is 10.1. The maximum Gasteiger partial charge on any atom is 0.267 e. The zero-order valence-electron chi connectivity index (χ0n) is 31.0. The number of pyridine rings is 2. The Balaban J connectivity index is 1.13. The molecule has 15 heteroatoms. The highest BCUT2D eigenvalue weighted by molar-refractivity contribution is 7.17. The van der Waals surface area contributed by atoms with Crippen LogP contribution in [0.4, 0.5) is 28.1 Å². The maximum absolute atomic E-state index is 13.1. The van der Waals surface area contributed by atoms with Gasteiger partial charge in [0.1, 0.15) is 4.88 Å². The molecule has 1 aliphatic heterocycles. The number of thiazole rings is 1. The second-order valence-electron chi connectivity index (χ2n) is 14.4. The number of aromatic nitrogens is 3. The first-order valence-electron chi connectivity index (χ1n) is 18.2. The number of benzene rings is 1. The lowest BCUT2D eigenvalue weighted by molar-refractivity contribution is -0.126. The number of nitrogens with zero attached hydrogens (tertiary/aromatic N) is 7. The molecular weight excluding hydrogens is 726 g/mol. The van der Waals surface area contributed by atoms with E-state index in [9.17, 15) is 14.7 Å². The molecular formula is C39H46ClN9O4S. The second kappa shape index (κ2) is 15.9. The van der Waals surface area contributed by atoms with Crippen molar-refractivity contribution >= 4 is 62.9 Å². The van der Waals surface area contributed by atoms with Gasteiger partial charge in [0.05, 0.1) is 41.0 Å². The van der Waals surface area contributed by atoms with Gasteiger partial charge in [0.25, 0.3) is 5.91 Å². The molecule has 3 aromatic heterocycles. The van der Waals surface area contributed by atoms with E-state index in [0.29, 0.717) is 83.3 Å². The summed E-state index contributed by atoms with van der Waals surface area (Å²) in [6, 6.07) is 11.6. The normalized spacial score (nSPS) is 16.5. The standard InChI is InChI=1S/C39H46ClN9O4S/c1-25-7-5-8-28(40)34(25)44-37(51)32-23-42-38(54-32)45-35-31(53-4)13-12-29(43-35)26-21-30(49(27-10-11-27)24-39(52)14-15-39)36(41-22-26)48-19-17-47(18-20-48)33(50)9-6-16-46(2)3/h5-9,12-13,21-23,27,52H,10-11,14-20,24H2,1-4H3,(H,44,51)(H,42,43,45)/b9-6+. The Morgan fingerprint density at radius 2 is 1.89 bits per heavy atom. The van der Waals surface area contributed by atoms with Gasteiger partial charge < -0.3 is 40.1 Å². The average Bonchev–Trinajstić information content (AvgIpc) is 4.09. The van der Waals surface area contributed by atoms with E-state index < -0.39 is 5.60 Å². The van der Waals surface area contributed by atoms with Crippen LogP contribution in [0, 0.1) is 6.92 Å². The third-order valence-electron chi connectivity index (χ3n) is 9.85. The lowest BCUT2D eigenvalue weighted by Crippen LogP contribution is -2.49. The van der Waals surface area contributed by atoms with E-state index in [1.807, 2.05) is 67.4 Å². The number of likely N-dealkylation sites (N-methyl/N-ethyl adjacent to an activating group) is 1. The predicted octanol–water partition coefficient (Wildman–Crippen LogP) is 5.83. The number of rotatable bonds is 14. The number of hydrogen-bond acceptors (Lipinski definition) is 12. The highest BCUT2D eigenvalue weighted by Crippen LogP contribution is 2.44. The van der Waals surface area contributed by atoms with Gasteiger partial charge in [0, 0.05) is 63.1 Å². The number of hydrogen-bond donors (Lipinski definition) is 3. The van der Waals surface area contributed by atoms with Crippen LogP contribution in [-0.2, 0) is 4.79 Å². The molecule has 3 aliphatic rings. The molecule has 7 rings (SSSR count). The van der Waals surface area contributed by atoms with Gasteiger partial charge in [0.15, 0.2) is 22.5 Å². The molecule has 4 heterocycles. The van der Waals surface area contributed by atoms with Crippen molar-refractivity contribution in [2.24, 2.45) is 0 Å². The summed E-state index contributed by atoms with van der Waals surface area (Å²) in [5.74, 6) is 1.50. The van der Waals surface area contributed by atoms with Crippen molar-refractivity contribution < 1.29 is 19.4 Å². The van der Waals surface area contributed by atoms with E-state index >= 15 is 0 Å². The Bertz CT molecular complexity index is 2020. The van der Waals surface area contributed by atoms with E-state index in [4.69, 9.17) is 26.3 Å². The van der Waals surface area contributed by atoms with Gasteiger partial charge in [-0.05, 0) is 76.5 Å². The molecule has 284 valence electrons. The Morgan fingerprint density at radius 1 is 1.11 bits per heavy atom. The number of halogens is 1. The summed E-state index contributed by atoms with van der Waals surface area (Å²) >= 11 is 7.52. The van der Waals surface area contributed by atoms with Gasteiger partial charge in [-0.3, -0.25) is 9.59 Å². The van der Waals surface area contributed by atoms with Crippen LogP contribution in [0.1, 0.15) is 40.9 Å². The lowest BCUT2D eigenvalue weighted by Gasteiger charge is -2.38. The van der Waals surface area contributed by atoms with Crippen LogP contribution in [0.25, 0.3) is 11.3 Å². The Morgan fingerprint density at radius 3 is 2.57 bits per heavy atom. The first kappa shape index (κ1) is 37.6. The molecule has 0 radical (unpaired) electrons. The Kier molecular flexibility index (Phi) is 11.1. The van der Waals surface area contributed by atoms with Crippen LogP contribution in [0.2, 0.25) is 5.02 Å². The van der Waals surface area contributed by atoms with E-state index in [2.05, 4.69) is 31.5 Å². The van der Waals surface area contributed by atoms with Crippen molar-refractivity contribution in [2.45, 2.75) is 44.2 Å². The smallest absolute Gasteiger partial charge is 0.267 e. The van der Waals surface area contributed by atoms with Gasteiger partial charge in [-0.15, -0.1) is 0 Å². The molecule has 2 saturated carbocycles. The van der Waals surface area contributed by atoms with Gasteiger partial charge in [-0.2, -0.15) is 0 Å². The summed E-state index contributed by atoms with van der Waals surface area (Å²) in [7, 11) is 5.53. The summed E-state index contributed by atoms with van der Waals surface area (Å²) in [5.41, 5.74) is 3.17. The van der Waals surface area contributed by atoms with Crippen molar-refractivity contribution in [2.75, 3.05) is 80.9 Å². The second-order valence-corrected chi connectivity index (χ2v) is 15.9. The quantitative estimate of drug-likeness (QED) is 0.134. The maximum atomic E-state index is 13.1. The fourth-order valence-electron chi connectivity index (χ4n) is 6.43. The molecule has 4 aromatic rings. The van der Waals surface area contributed by atoms with Crippen LogP contribution in [0.3, 0.4) is 0 Å². The highest BCUT2D eigenvalue weighted by Gasteiger charge is 2.45. The van der Waals surface area contributed by atoms with E-state index in [1.54, 1.807) is 19.3 Å². The molecule has 0 spiro atoms. The number of carbonyl (C=O) groups excluding carboxylic acids is 2. The van der Waals surface area contributed by atoms with Crippen LogP contribution in [0.5, 0.6) is 5.75 Å². The molecule has 13 nitrogen and oxygen atoms in total. The number of anilines is 5. The monoisotopic (exact) mass is 771 g/mol. The molecule has 54 heavy (non-hydrogen) atoms. The van der Waals surface area contributed by atoms with Crippen molar-refractivity contribution in [3.05, 3.63) is 76.4 Å². The molecule has 3 N–H and O–H groups in total.